The Morgan fingerprint density at radius 3 is 2.60 bits per heavy atom. The third-order valence-corrected chi connectivity index (χ3v) is 15.9. The van der Waals surface area contributed by atoms with E-state index in [4.69, 9.17) is 19.4 Å². The summed E-state index contributed by atoms with van der Waals surface area (Å²) < 4.78 is 40.6. The number of fused-ring (bicyclic) bond motifs is 3. The van der Waals surface area contributed by atoms with Gasteiger partial charge in [-0.25, -0.2) is 23.4 Å². The van der Waals surface area contributed by atoms with Crippen molar-refractivity contribution in [1.29, 1.82) is 0 Å². The lowest BCUT2D eigenvalue weighted by Crippen LogP contribution is -2.49. The van der Waals surface area contributed by atoms with Gasteiger partial charge in [-0.3, -0.25) is 19.1 Å². The first-order valence-corrected chi connectivity index (χ1v) is 23.4. The molecule has 2 aliphatic carbocycles. The van der Waals surface area contributed by atoms with Crippen LogP contribution in [-0.4, -0.2) is 82.5 Å². The molecule has 318 valence electrons. The van der Waals surface area contributed by atoms with Crippen LogP contribution >= 0.6 is 11.3 Å². The molecule has 8 rings (SSSR count). The minimum absolute atomic E-state index is 0.119. The molecule has 1 aromatic carbocycles. The van der Waals surface area contributed by atoms with Gasteiger partial charge in [0.05, 0.1) is 41.1 Å². The number of aryl methyl sites for hydroxylation is 1. The van der Waals surface area contributed by atoms with Crippen LogP contribution in [0.1, 0.15) is 102 Å². The Bertz CT molecular complexity index is 2430. The van der Waals surface area contributed by atoms with Gasteiger partial charge in [0, 0.05) is 41.4 Å². The van der Waals surface area contributed by atoms with Crippen LogP contribution in [0.3, 0.4) is 0 Å². The average molecular weight is 855 g/mol. The molecule has 60 heavy (non-hydrogen) atoms. The number of thiazole rings is 1. The molecule has 3 aromatic heterocycles. The van der Waals surface area contributed by atoms with Crippen molar-refractivity contribution in [2.75, 3.05) is 19.0 Å². The number of sulfonamides is 1. The molecule has 2 N–H and O–H groups in total. The zero-order valence-corrected chi connectivity index (χ0v) is 36.5. The first kappa shape index (κ1) is 41.8. The standard InChI is InChI=1S/C45H54N6O7S2/c1-27(2)34-26-59-41(49-34)33-22-38(31-16-17-37(57-5)28(3)40(31)48-33)58-30-21-35-36(52)24-45(43(54)50-60(55,56)44(4)18-19-44)23-29(45)13-9-7-6-8-10-14-32(42(53)51(35)25-30)47-39-15-11-12-20-46-39/h9,11-13,15-17,20,22,26-27,29-30,32,35H,6-8,10,14,18-19,21,23-25H2,1-5H3,(H,46,47)(H,50,54)/b13-9-/t29-,30-,32+,35+,45-/m1/s1. The summed E-state index contributed by atoms with van der Waals surface area (Å²) >= 11 is 1.51. The highest BCUT2D eigenvalue weighted by Gasteiger charge is 2.62. The number of hydrogen-bond donors (Lipinski definition) is 2. The molecule has 0 spiro atoms. The number of pyridine rings is 2. The van der Waals surface area contributed by atoms with Crippen LogP contribution in [0.15, 0.2) is 60.1 Å². The van der Waals surface area contributed by atoms with Gasteiger partial charge in [0.25, 0.3) is 0 Å². The Labute approximate surface area is 355 Å². The van der Waals surface area contributed by atoms with Gasteiger partial charge in [0.1, 0.15) is 40.2 Å². The number of nitrogens with zero attached hydrogens (tertiary/aromatic N) is 4. The lowest BCUT2D eigenvalue weighted by Gasteiger charge is -2.29. The maximum Gasteiger partial charge on any atom is 0.245 e. The molecular weight excluding hydrogens is 801 g/mol. The van der Waals surface area contributed by atoms with Crippen LogP contribution in [0.5, 0.6) is 11.5 Å². The maximum absolute atomic E-state index is 14.9. The zero-order valence-electron chi connectivity index (χ0n) is 34.9. The van der Waals surface area contributed by atoms with E-state index in [2.05, 4.69) is 28.9 Å². The molecule has 5 heterocycles. The van der Waals surface area contributed by atoms with Gasteiger partial charge in [0.15, 0.2) is 5.78 Å². The van der Waals surface area contributed by atoms with Gasteiger partial charge in [-0.2, -0.15) is 0 Å². The summed E-state index contributed by atoms with van der Waals surface area (Å²) in [6, 6.07) is 9.54. The predicted molar refractivity (Wildman–Crippen MR) is 232 cm³/mol. The number of carbonyl (C=O) groups is 3. The number of allylic oxidation sites excluding steroid dienone is 2. The van der Waals surface area contributed by atoms with Gasteiger partial charge in [-0.1, -0.05) is 44.9 Å². The quantitative estimate of drug-likeness (QED) is 0.152. The fraction of sp³-hybridized carbons (Fsp3) is 0.511. The van der Waals surface area contributed by atoms with Gasteiger partial charge in [-0.15, -0.1) is 11.3 Å². The second-order valence-electron chi connectivity index (χ2n) is 17.5. The second-order valence-corrected chi connectivity index (χ2v) is 20.5. The van der Waals surface area contributed by atoms with Crippen molar-refractivity contribution in [3.05, 3.63) is 71.4 Å². The number of aromatic nitrogens is 3. The van der Waals surface area contributed by atoms with E-state index in [0.29, 0.717) is 54.2 Å². The van der Waals surface area contributed by atoms with Crippen molar-refractivity contribution < 1.29 is 32.3 Å². The summed E-state index contributed by atoms with van der Waals surface area (Å²) in [4.78, 5) is 59.7. The maximum atomic E-state index is 14.9. The summed E-state index contributed by atoms with van der Waals surface area (Å²) in [7, 11) is -2.32. The molecule has 15 heteroatoms. The summed E-state index contributed by atoms with van der Waals surface area (Å²) in [5.74, 6) is 0.517. The van der Waals surface area contributed by atoms with E-state index in [1.807, 2.05) is 60.9 Å². The molecule has 0 bridgehead atoms. The van der Waals surface area contributed by atoms with E-state index in [1.165, 1.54) is 11.3 Å². The molecule has 0 radical (unpaired) electrons. The van der Waals surface area contributed by atoms with Crippen molar-refractivity contribution in [3.63, 3.8) is 0 Å². The van der Waals surface area contributed by atoms with Crippen LogP contribution in [0.2, 0.25) is 0 Å². The lowest BCUT2D eigenvalue weighted by molar-refractivity contribution is -0.139. The summed E-state index contributed by atoms with van der Waals surface area (Å²) in [6.45, 7) is 7.89. The zero-order chi connectivity index (χ0) is 42.4. The van der Waals surface area contributed by atoms with E-state index in [9.17, 15) is 22.8 Å². The lowest BCUT2D eigenvalue weighted by atomic mass is 9.91. The largest absolute Gasteiger partial charge is 0.496 e. The number of ketones is 1. The molecule has 4 aliphatic rings. The van der Waals surface area contributed by atoms with Crippen molar-refractivity contribution >= 4 is 55.7 Å². The van der Waals surface area contributed by atoms with Crippen LogP contribution in [-0.2, 0) is 24.4 Å². The van der Waals surface area contributed by atoms with Crippen molar-refractivity contribution in [2.24, 2.45) is 11.3 Å². The van der Waals surface area contributed by atoms with E-state index < -0.39 is 44.3 Å². The minimum Gasteiger partial charge on any atom is -0.496 e. The fourth-order valence-electron chi connectivity index (χ4n) is 8.57. The monoisotopic (exact) mass is 854 g/mol. The molecule has 2 saturated carbocycles. The smallest absolute Gasteiger partial charge is 0.245 e. The summed E-state index contributed by atoms with van der Waals surface area (Å²) in [5, 5.41) is 6.89. The average Bonchev–Trinajstić information content (AvgIpc) is 4.00. The highest BCUT2D eigenvalue weighted by molar-refractivity contribution is 7.91. The molecule has 5 atom stereocenters. The third kappa shape index (κ3) is 8.26. The van der Waals surface area contributed by atoms with Gasteiger partial charge < -0.3 is 19.7 Å². The SMILES string of the molecule is COc1ccc2c(O[C@@H]3C[C@H]4C(=O)C[C@]5(C(=O)NS(=O)(=O)C6(C)CC6)C[C@H]5/C=C\CCCCC[C@H](Nc5ccccn5)C(=O)N4C3)cc(-c3nc(C(C)C)cs3)nc2c1C. The van der Waals surface area contributed by atoms with Gasteiger partial charge >= 0.3 is 0 Å². The molecule has 1 saturated heterocycles. The number of carbonyl (C=O) groups excluding carboxylic acids is 3. The number of Topliss-reactive ketones (excluding diaryl/α,β-unsaturated/α-hetero) is 1. The first-order chi connectivity index (χ1) is 28.7. The Hall–Kier alpha value is -4.89. The predicted octanol–water partition coefficient (Wildman–Crippen LogP) is 7.51. The van der Waals surface area contributed by atoms with E-state index in [0.717, 1.165) is 47.3 Å². The van der Waals surface area contributed by atoms with Crippen LogP contribution in [0, 0.1) is 18.3 Å². The van der Waals surface area contributed by atoms with Gasteiger partial charge in [-0.05, 0) is 88.5 Å². The Morgan fingerprint density at radius 2 is 1.88 bits per heavy atom. The van der Waals surface area contributed by atoms with E-state index in [1.54, 1.807) is 25.1 Å². The summed E-state index contributed by atoms with van der Waals surface area (Å²) in [6.07, 6.45) is 10.2. The van der Waals surface area contributed by atoms with Gasteiger partial charge in [0.2, 0.25) is 21.8 Å². The number of ether oxygens (including phenoxy) is 2. The number of methoxy groups -OCH3 is 1. The van der Waals surface area contributed by atoms with Crippen molar-refractivity contribution in [2.45, 2.75) is 121 Å². The normalized spacial score (nSPS) is 26.1. The Morgan fingerprint density at radius 1 is 1.07 bits per heavy atom. The number of hydrogen-bond acceptors (Lipinski definition) is 12. The number of anilines is 1. The molecule has 2 aliphatic heterocycles. The number of rotatable bonds is 10. The molecule has 2 amide bonds. The van der Waals surface area contributed by atoms with Crippen LogP contribution in [0.4, 0.5) is 5.82 Å². The number of amides is 2. The molecule has 13 nitrogen and oxygen atoms in total. The van der Waals surface area contributed by atoms with Crippen molar-refractivity contribution in [1.82, 2.24) is 24.6 Å². The fourth-order valence-corrected chi connectivity index (χ4v) is 10.8. The van der Waals surface area contributed by atoms with Crippen LogP contribution in [0.25, 0.3) is 21.6 Å². The highest BCUT2D eigenvalue weighted by Crippen LogP contribution is 2.57. The third-order valence-electron chi connectivity index (χ3n) is 12.8. The topological polar surface area (TPSA) is 170 Å². The van der Waals surface area contributed by atoms with E-state index >= 15 is 0 Å². The molecule has 0 unspecified atom stereocenters. The highest BCUT2D eigenvalue weighted by atomic mass is 32.2. The number of benzene rings is 1. The number of nitrogens with one attached hydrogen (secondary N) is 2. The Kier molecular flexibility index (Phi) is 11.5. The second kappa shape index (κ2) is 16.5. The minimum atomic E-state index is -3.94. The Balaban J connectivity index is 1.15. The van der Waals surface area contributed by atoms with Crippen LogP contribution < -0.4 is 19.5 Å². The molecule has 4 aromatic rings. The molecular formula is C45H54N6O7S2. The van der Waals surface area contributed by atoms with E-state index in [-0.39, 0.29) is 42.9 Å². The first-order valence-electron chi connectivity index (χ1n) is 21.1. The molecule has 3 fully saturated rings. The van der Waals surface area contributed by atoms with Crippen molar-refractivity contribution in [3.8, 4) is 22.2 Å². The summed E-state index contributed by atoms with van der Waals surface area (Å²) in [5.41, 5.74) is 1.90.